The quantitative estimate of drug-likeness (QED) is 0.374. The van der Waals surface area contributed by atoms with Gasteiger partial charge in [-0.1, -0.05) is 34.8 Å². The van der Waals surface area contributed by atoms with Gasteiger partial charge in [0.2, 0.25) is 0 Å². The van der Waals surface area contributed by atoms with Crippen LogP contribution in [0.15, 0.2) is 48.8 Å². The van der Waals surface area contributed by atoms with Crippen molar-refractivity contribution in [3.63, 3.8) is 0 Å². The Labute approximate surface area is 206 Å². The predicted octanol–water partition coefficient (Wildman–Crippen LogP) is 5.44. The molecule has 0 spiro atoms. The first-order valence-electron chi connectivity index (χ1n) is 10.8. The van der Waals surface area contributed by atoms with Gasteiger partial charge in [-0.05, 0) is 68.4 Å². The van der Waals surface area contributed by atoms with Crippen molar-refractivity contribution in [1.82, 2.24) is 24.4 Å². The van der Waals surface area contributed by atoms with Gasteiger partial charge in [0.1, 0.15) is 12.2 Å². The highest BCUT2D eigenvalue weighted by Gasteiger charge is 2.57. The maximum absolute atomic E-state index is 6.60. The van der Waals surface area contributed by atoms with Gasteiger partial charge in [0.25, 0.3) is 0 Å². The summed E-state index contributed by atoms with van der Waals surface area (Å²) in [6.07, 6.45) is 1.62. The first kappa shape index (κ1) is 21.2. The van der Waals surface area contributed by atoms with Crippen molar-refractivity contribution in [2.45, 2.75) is 6.04 Å². The minimum atomic E-state index is 0.527. The zero-order valence-electron chi connectivity index (χ0n) is 18.1. The van der Waals surface area contributed by atoms with Crippen molar-refractivity contribution >= 4 is 51.8 Å². The standard InChI is InChI=1S/C24H21Cl3N6/c1-31(2)21-17-10-32(11-18(17)21)23-20-24(29-12-28-23)33(15-6-3-13(25)4-7-15)22(30-20)16-8-5-14(26)9-19(16)27/h3-9,12,17-18,21H,10-11H2,1-2H3/t17-,18+,21?. The molecule has 2 fully saturated rings. The number of fused-ring (bicyclic) bond motifs is 2. The molecule has 6 rings (SSSR count). The molecule has 1 unspecified atom stereocenters. The molecule has 0 radical (unpaired) electrons. The Bertz CT molecular complexity index is 1350. The van der Waals surface area contributed by atoms with E-state index in [2.05, 4.69) is 33.9 Å². The summed E-state index contributed by atoms with van der Waals surface area (Å²) in [5.74, 6) is 2.90. The third kappa shape index (κ3) is 3.48. The van der Waals surface area contributed by atoms with E-state index in [0.29, 0.717) is 38.8 Å². The summed E-state index contributed by atoms with van der Waals surface area (Å²) in [4.78, 5) is 19.0. The molecule has 1 aliphatic heterocycles. The van der Waals surface area contributed by atoms with Crippen LogP contribution in [0, 0.1) is 11.8 Å². The van der Waals surface area contributed by atoms with E-state index in [1.165, 1.54) is 0 Å². The summed E-state index contributed by atoms with van der Waals surface area (Å²) < 4.78 is 2.01. The second kappa shape index (κ2) is 7.84. The van der Waals surface area contributed by atoms with E-state index in [1.54, 1.807) is 12.4 Å². The molecule has 1 saturated carbocycles. The monoisotopic (exact) mass is 498 g/mol. The minimum Gasteiger partial charge on any atom is -0.354 e. The smallest absolute Gasteiger partial charge is 0.170 e. The minimum absolute atomic E-state index is 0.527. The highest BCUT2D eigenvalue weighted by Crippen LogP contribution is 2.49. The lowest BCUT2D eigenvalue weighted by Gasteiger charge is -2.23. The molecule has 33 heavy (non-hydrogen) atoms. The van der Waals surface area contributed by atoms with Crippen LogP contribution in [0.5, 0.6) is 0 Å². The Hall–Kier alpha value is -2.38. The zero-order valence-corrected chi connectivity index (χ0v) is 20.4. The maximum atomic E-state index is 6.60. The van der Waals surface area contributed by atoms with Gasteiger partial charge in [-0.3, -0.25) is 4.57 Å². The molecular formula is C24H21Cl3N6. The predicted molar refractivity (Wildman–Crippen MR) is 134 cm³/mol. The highest BCUT2D eigenvalue weighted by atomic mass is 35.5. The van der Waals surface area contributed by atoms with Gasteiger partial charge in [-0.15, -0.1) is 0 Å². The molecule has 3 heterocycles. The van der Waals surface area contributed by atoms with Crippen LogP contribution in [0.3, 0.4) is 0 Å². The van der Waals surface area contributed by atoms with E-state index in [9.17, 15) is 0 Å². The van der Waals surface area contributed by atoms with Crippen LogP contribution in [0.2, 0.25) is 15.1 Å². The molecule has 0 amide bonds. The lowest BCUT2D eigenvalue weighted by molar-refractivity contribution is 0.356. The molecule has 0 N–H and O–H groups in total. The van der Waals surface area contributed by atoms with E-state index in [4.69, 9.17) is 39.8 Å². The fourth-order valence-electron chi connectivity index (χ4n) is 5.23. The van der Waals surface area contributed by atoms with E-state index < -0.39 is 0 Å². The van der Waals surface area contributed by atoms with Gasteiger partial charge in [-0.25, -0.2) is 15.0 Å². The van der Waals surface area contributed by atoms with E-state index >= 15 is 0 Å². The largest absolute Gasteiger partial charge is 0.354 e. The van der Waals surface area contributed by atoms with Crippen molar-refractivity contribution < 1.29 is 0 Å². The molecule has 0 bridgehead atoms. The summed E-state index contributed by atoms with van der Waals surface area (Å²) in [7, 11) is 4.32. The van der Waals surface area contributed by atoms with Gasteiger partial charge in [0, 0.05) is 40.4 Å². The number of aromatic nitrogens is 4. The first-order valence-corrected chi connectivity index (χ1v) is 11.9. The molecule has 6 nitrogen and oxygen atoms in total. The summed E-state index contributed by atoms with van der Waals surface area (Å²) in [5, 5.41) is 1.76. The number of rotatable bonds is 4. The third-order valence-corrected chi connectivity index (χ3v) is 7.53. The Balaban J connectivity index is 1.51. The van der Waals surface area contributed by atoms with Crippen molar-refractivity contribution in [2.75, 3.05) is 32.1 Å². The van der Waals surface area contributed by atoms with Crippen LogP contribution < -0.4 is 4.90 Å². The van der Waals surface area contributed by atoms with Crippen LogP contribution in [-0.2, 0) is 0 Å². The molecule has 3 atom stereocenters. The fourth-order valence-corrected chi connectivity index (χ4v) is 5.85. The van der Waals surface area contributed by atoms with E-state index in [0.717, 1.165) is 41.3 Å². The lowest BCUT2D eigenvalue weighted by Crippen LogP contribution is -2.31. The number of nitrogens with zero attached hydrogens (tertiary/aromatic N) is 6. The average Bonchev–Trinajstić information content (AvgIpc) is 3.11. The highest BCUT2D eigenvalue weighted by molar-refractivity contribution is 6.36. The number of hydrogen-bond donors (Lipinski definition) is 0. The Kier molecular flexibility index (Phi) is 5.03. The third-order valence-electron chi connectivity index (χ3n) is 6.73. The molecule has 2 aliphatic rings. The van der Waals surface area contributed by atoms with Crippen molar-refractivity contribution in [1.29, 1.82) is 0 Å². The van der Waals surface area contributed by atoms with Crippen LogP contribution in [0.4, 0.5) is 5.82 Å². The summed E-state index contributed by atoms with van der Waals surface area (Å²) in [6, 6.07) is 13.7. The Morgan fingerprint density at radius 2 is 1.61 bits per heavy atom. The molecule has 2 aromatic heterocycles. The number of benzene rings is 2. The zero-order chi connectivity index (χ0) is 22.9. The number of piperidine rings is 1. The van der Waals surface area contributed by atoms with Gasteiger partial charge >= 0.3 is 0 Å². The number of hydrogen-bond acceptors (Lipinski definition) is 5. The Morgan fingerprint density at radius 1 is 0.909 bits per heavy atom. The lowest BCUT2D eigenvalue weighted by atomic mass is 10.2. The van der Waals surface area contributed by atoms with Gasteiger partial charge in [-0.2, -0.15) is 0 Å². The van der Waals surface area contributed by atoms with E-state index in [1.807, 2.05) is 41.0 Å². The van der Waals surface area contributed by atoms with E-state index in [-0.39, 0.29) is 0 Å². The number of halogens is 3. The van der Waals surface area contributed by atoms with Gasteiger partial charge in [0.05, 0.1) is 5.02 Å². The summed E-state index contributed by atoms with van der Waals surface area (Å²) in [6.45, 7) is 1.95. The topological polar surface area (TPSA) is 50.1 Å². The number of imidazole rings is 1. The first-order chi connectivity index (χ1) is 15.9. The summed E-state index contributed by atoms with van der Waals surface area (Å²) in [5.41, 5.74) is 3.16. The molecule has 168 valence electrons. The molecule has 1 aliphatic carbocycles. The fraction of sp³-hybridized carbons (Fsp3) is 0.292. The second-order valence-corrected chi connectivity index (χ2v) is 10.2. The van der Waals surface area contributed by atoms with Crippen LogP contribution >= 0.6 is 34.8 Å². The SMILES string of the molecule is CN(C)C1[C@H]2CN(c3ncnc4c3nc(-c3ccc(Cl)cc3Cl)n4-c3ccc(Cl)cc3)C[C@@H]12. The summed E-state index contributed by atoms with van der Waals surface area (Å²) >= 11 is 18.9. The normalized spacial score (nSPS) is 21.8. The van der Waals surface area contributed by atoms with Crippen molar-refractivity contribution in [3.05, 3.63) is 63.9 Å². The molecule has 2 aromatic carbocycles. The molecular weight excluding hydrogens is 479 g/mol. The van der Waals surface area contributed by atoms with Crippen LogP contribution in [0.25, 0.3) is 28.2 Å². The Morgan fingerprint density at radius 3 is 2.27 bits per heavy atom. The number of anilines is 1. The average molecular weight is 500 g/mol. The van der Waals surface area contributed by atoms with Gasteiger partial charge in [0.15, 0.2) is 17.0 Å². The molecule has 9 heteroatoms. The maximum Gasteiger partial charge on any atom is 0.170 e. The molecule has 1 saturated heterocycles. The van der Waals surface area contributed by atoms with Crippen molar-refractivity contribution in [2.24, 2.45) is 11.8 Å². The van der Waals surface area contributed by atoms with Gasteiger partial charge < -0.3 is 9.80 Å². The van der Waals surface area contributed by atoms with Crippen LogP contribution in [0.1, 0.15) is 0 Å². The van der Waals surface area contributed by atoms with Crippen LogP contribution in [-0.4, -0.2) is 57.6 Å². The van der Waals surface area contributed by atoms with Crippen molar-refractivity contribution in [3.8, 4) is 17.1 Å². The second-order valence-electron chi connectivity index (χ2n) is 8.93. The molecule has 4 aromatic rings.